The summed E-state index contributed by atoms with van der Waals surface area (Å²) in [7, 11) is 0. The summed E-state index contributed by atoms with van der Waals surface area (Å²) >= 11 is 8.78. The van der Waals surface area contributed by atoms with Crippen molar-refractivity contribution >= 4 is 98.8 Å². The lowest BCUT2D eigenvalue weighted by Crippen LogP contribution is -2.11. The van der Waals surface area contributed by atoms with E-state index in [1.807, 2.05) is 0 Å². The Bertz CT molecular complexity index is 2940. The molecular formula is C50H33ClN2S. The number of hydrogen-bond donors (Lipinski definition) is 0. The molecule has 9 aromatic carbocycles. The summed E-state index contributed by atoms with van der Waals surface area (Å²) < 4.78 is 2.36. The number of thiophene rings is 1. The number of para-hydroxylation sites is 2. The molecule has 0 aliphatic carbocycles. The van der Waals surface area contributed by atoms with Gasteiger partial charge in [-0.3, -0.25) is 0 Å². The van der Waals surface area contributed by atoms with Crippen molar-refractivity contribution < 1.29 is 0 Å². The van der Waals surface area contributed by atoms with Crippen LogP contribution in [0.5, 0.6) is 0 Å². The maximum atomic E-state index is 6.99. The summed E-state index contributed by atoms with van der Waals surface area (Å²) in [6, 6.07) is 71.5. The van der Waals surface area contributed by atoms with E-state index in [0.717, 1.165) is 38.8 Å². The Hall–Kier alpha value is -6.39. The minimum absolute atomic E-state index is 0.708. The van der Waals surface area contributed by atoms with Gasteiger partial charge in [-0.1, -0.05) is 139 Å². The van der Waals surface area contributed by atoms with E-state index in [0.29, 0.717) is 5.02 Å². The van der Waals surface area contributed by atoms with E-state index in [-0.39, 0.29) is 0 Å². The van der Waals surface area contributed by atoms with E-state index in [1.54, 1.807) is 11.3 Å². The number of rotatable bonds is 7. The first-order valence-electron chi connectivity index (χ1n) is 18.1. The monoisotopic (exact) mass is 728 g/mol. The van der Waals surface area contributed by atoms with Crippen molar-refractivity contribution in [3.63, 3.8) is 0 Å². The average Bonchev–Trinajstić information content (AvgIpc) is 3.60. The molecule has 0 aliphatic rings. The second kappa shape index (κ2) is 13.5. The number of hydrogen-bond acceptors (Lipinski definition) is 3. The molecule has 0 aliphatic heterocycles. The first kappa shape index (κ1) is 32.3. The van der Waals surface area contributed by atoms with Crippen LogP contribution in [0.15, 0.2) is 200 Å². The highest BCUT2D eigenvalue weighted by Gasteiger charge is 2.22. The van der Waals surface area contributed by atoms with Gasteiger partial charge in [0.05, 0.1) is 11.4 Å². The van der Waals surface area contributed by atoms with Gasteiger partial charge in [-0.15, -0.1) is 11.3 Å². The smallest absolute Gasteiger partial charge is 0.0569 e. The third kappa shape index (κ3) is 5.66. The Kier molecular flexibility index (Phi) is 8.10. The van der Waals surface area contributed by atoms with Crippen LogP contribution in [0.1, 0.15) is 0 Å². The third-order valence-electron chi connectivity index (χ3n) is 10.2. The van der Waals surface area contributed by atoms with Gasteiger partial charge in [0.1, 0.15) is 0 Å². The lowest BCUT2D eigenvalue weighted by atomic mass is 9.99. The highest BCUT2D eigenvalue weighted by atomic mass is 35.5. The Morgan fingerprint density at radius 2 is 0.889 bits per heavy atom. The van der Waals surface area contributed by atoms with E-state index in [4.69, 9.17) is 11.6 Å². The lowest BCUT2D eigenvalue weighted by Gasteiger charge is -2.28. The van der Waals surface area contributed by atoms with E-state index in [2.05, 4.69) is 210 Å². The molecule has 10 rings (SSSR count). The van der Waals surface area contributed by atoms with Crippen LogP contribution in [-0.4, -0.2) is 0 Å². The van der Waals surface area contributed by atoms with Crippen molar-refractivity contribution in [3.8, 4) is 11.1 Å². The van der Waals surface area contributed by atoms with Crippen LogP contribution in [0.25, 0.3) is 52.8 Å². The van der Waals surface area contributed by atoms with Crippen LogP contribution < -0.4 is 9.80 Å². The zero-order chi connectivity index (χ0) is 36.0. The molecule has 0 saturated carbocycles. The number of benzene rings is 9. The zero-order valence-corrected chi connectivity index (χ0v) is 30.8. The van der Waals surface area contributed by atoms with Crippen LogP contribution in [0.3, 0.4) is 0 Å². The standard InChI is InChI=1S/C50H33ClN2S/c51-37-31-47(52(38-17-6-2-7-18-38)40-26-24-35(25-27-40)34-14-4-1-5-15-34)50-45-33-41(28-29-48(45)54-49(50)32-37)53(39-19-8-3-9-20-39)46-30-36-16-10-11-21-42(36)43-22-12-13-23-44(43)46/h1-33H. The summed E-state index contributed by atoms with van der Waals surface area (Å²) in [4.78, 5) is 4.75. The SMILES string of the molecule is Clc1cc(N(c2ccccc2)c2ccc(-c3ccccc3)cc2)c2c(c1)sc1ccc(N(c3ccccc3)c3cc4ccccc4c4ccccc34)cc12. The molecule has 0 fully saturated rings. The van der Waals surface area contributed by atoms with Crippen molar-refractivity contribution in [3.05, 3.63) is 205 Å². The van der Waals surface area contributed by atoms with Crippen LogP contribution in [0, 0.1) is 0 Å². The van der Waals surface area contributed by atoms with E-state index in [9.17, 15) is 0 Å². The quantitative estimate of drug-likeness (QED) is 0.151. The van der Waals surface area contributed by atoms with Gasteiger partial charge in [-0.2, -0.15) is 0 Å². The maximum absolute atomic E-state index is 6.99. The van der Waals surface area contributed by atoms with Crippen LogP contribution >= 0.6 is 22.9 Å². The number of nitrogens with zero attached hydrogens (tertiary/aromatic N) is 2. The van der Waals surface area contributed by atoms with Crippen molar-refractivity contribution in [1.29, 1.82) is 0 Å². The van der Waals surface area contributed by atoms with Crippen molar-refractivity contribution in [2.24, 2.45) is 0 Å². The van der Waals surface area contributed by atoms with Gasteiger partial charge >= 0.3 is 0 Å². The number of halogens is 1. The van der Waals surface area contributed by atoms with Gasteiger partial charge in [-0.05, 0) is 100 Å². The minimum atomic E-state index is 0.708. The molecule has 0 atom stereocenters. The van der Waals surface area contributed by atoms with Crippen molar-refractivity contribution in [2.45, 2.75) is 0 Å². The molecule has 4 heteroatoms. The molecule has 0 amide bonds. The second-order valence-electron chi connectivity index (χ2n) is 13.5. The van der Waals surface area contributed by atoms with Gasteiger partial charge in [0.2, 0.25) is 0 Å². The van der Waals surface area contributed by atoms with E-state index >= 15 is 0 Å². The predicted molar refractivity (Wildman–Crippen MR) is 234 cm³/mol. The van der Waals surface area contributed by atoms with Crippen molar-refractivity contribution in [2.75, 3.05) is 9.80 Å². The highest BCUT2D eigenvalue weighted by Crippen LogP contribution is 2.49. The van der Waals surface area contributed by atoms with Gasteiger partial charge < -0.3 is 9.80 Å². The normalized spacial score (nSPS) is 11.4. The Labute approximate surface area is 323 Å². The summed E-state index contributed by atoms with van der Waals surface area (Å²) in [6.07, 6.45) is 0. The molecule has 0 bridgehead atoms. The van der Waals surface area contributed by atoms with E-state index < -0.39 is 0 Å². The first-order chi connectivity index (χ1) is 26.7. The third-order valence-corrected chi connectivity index (χ3v) is 11.6. The summed E-state index contributed by atoms with van der Waals surface area (Å²) in [5, 5.41) is 7.98. The van der Waals surface area contributed by atoms with Crippen LogP contribution in [0.2, 0.25) is 5.02 Å². The number of fused-ring (bicyclic) bond motifs is 6. The highest BCUT2D eigenvalue weighted by molar-refractivity contribution is 7.26. The molecule has 0 N–H and O–H groups in total. The fourth-order valence-electron chi connectivity index (χ4n) is 7.82. The van der Waals surface area contributed by atoms with Gasteiger partial charge in [0, 0.05) is 53.3 Å². The average molecular weight is 729 g/mol. The zero-order valence-electron chi connectivity index (χ0n) is 29.2. The first-order valence-corrected chi connectivity index (χ1v) is 19.3. The van der Waals surface area contributed by atoms with Gasteiger partial charge in [0.15, 0.2) is 0 Å². The topological polar surface area (TPSA) is 6.48 Å². The second-order valence-corrected chi connectivity index (χ2v) is 15.0. The molecule has 0 unspecified atom stereocenters. The molecule has 1 heterocycles. The fraction of sp³-hybridized carbons (Fsp3) is 0. The number of anilines is 6. The summed E-state index contributed by atoms with van der Waals surface area (Å²) in [5.41, 5.74) is 8.88. The van der Waals surface area contributed by atoms with Gasteiger partial charge in [0.25, 0.3) is 0 Å². The molecule has 0 saturated heterocycles. The maximum Gasteiger partial charge on any atom is 0.0569 e. The van der Waals surface area contributed by atoms with E-state index in [1.165, 1.54) is 48.1 Å². The molecule has 2 nitrogen and oxygen atoms in total. The Morgan fingerprint density at radius 1 is 0.352 bits per heavy atom. The Morgan fingerprint density at radius 3 is 1.59 bits per heavy atom. The van der Waals surface area contributed by atoms with Crippen LogP contribution in [0.4, 0.5) is 34.1 Å². The lowest BCUT2D eigenvalue weighted by molar-refractivity contribution is 1.30. The molecular weight excluding hydrogens is 696 g/mol. The predicted octanol–water partition coefficient (Wildman–Crippen LogP) is 15.6. The summed E-state index contributed by atoms with van der Waals surface area (Å²) in [6.45, 7) is 0. The molecule has 1 aromatic heterocycles. The minimum Gasteiger partial charge on any atom is -0.310 e. The largest absolute Gasteiger partial charge is 0.310 e. The Balaban J connectivity index is 1.21. The van der Waals surface area contributed by atoms with Crippen molar-refractivity contribution in [1.82, 2.24) is 0 Å². The molecule has 10 aromatic rings. The molecule has 54 heavy (non-hydrogen) atoms. The molecule has 0 spiro atoms. The molecule has 256 valence electrons. The molecule has 0 radical (unpaired) electrons. The van der Waals surface area contributed by atoms with Crippen LogP contribution in [-0.2, 0) is 0 Å². The van der Waals surface area contributed by atoms with Gasteiger partial charge in [-0.25, -0.2) is 0 Å². The fourth-order valence-corrected chi connectivity index (χ4v) is 9.24. The summed E-state index contributed by atoms with van der Waals surface area (Å²) in [5.74, 6) is 0.